The lowest BCUT2D eigenvalue weighted by Gasteiger charge is -2.17. The first-order chi connectivity index (χ1) is 14.9. The summed E-state index contributed by atoms with van der Waals surface area (Å²) in [6.45, 7) is 8.79. The molecular weight excluding hydrogens is 380 g/mol. The minimum absolute atomic E-state index is 0.00948. The van der Waals surface area contributed by atoms with Gasteiger partial charge in [0, 0.05) is 16.5 Å². The molecule has 3 aromatic carbocycles. The molecule has 0 amide bonds. The highest BCUT2D eigenvalue weighted by Gasteiger charge is 2.30. The molecule has 2 heteroatoms. The molecular formula is C29H26O2. The fourth-order valence-corrected chi connectivity index (χ4v) is 3.94. The van der Waals surface area contributed by atoms with Crippen LogP contribution >= 0.6 is 0 Å². The highest BCUT2D eigenvalue weighted by molar-refractivity contribution is 5.89. The Balaban J connectivity index is 1.64. The van der Waals surface area contributed by atoms with Crippen LogP contribution in [0.4, 0.5) is 0 Å². The first kappa shape index (κ1) is 20.7. The third-order valence-electron chi connectivity index (χ3n) is 5.62. The summed E-state index contributed by atoms with van der Waals surface area (Å²) in [6.07, 6.45) is 2.35. The molecule has 0 atom stereocenters. The molecule has 2 nitrogen and oxygen atoms in total. The van der Waals surface area contributed by atoms with E-state index in [9.17, 15) is 4.79 Å². The van der Waals surface area contributed by atoms with Crippen LogP contribution in [0.25, 0.3) is 5.57 Å². The van der Waals surface area contributed by atoms with E-state index in [0.29, 0.717) is 12.2 Å². The van der Waals surface area contributed by atoms with E-state index in [4.69, 9.17) is 4.74 Å². The maximum Gasteiger partial charge on any atom is 0.338 e. The van der Waals surface area contributed by atoms with E-state index in [2.05, 4.69) is 81.2 Å². The number of ether oxygens (including phenoxy) is 1. The lowest BCUT2D eigenvalue weighted by molar-refractivity contribution is 0.0526. The molecule has 3 aromatic rings. The Bertz CT molecular complexity index is 1210. The van der Waals surface area contributed by atoms with Crippen molar-refractivity contribution in [3.05, 3.63) is 112 Å². The molecule has 154 valence electrons. The van der Waals surface area contributed by atoms with Gasteiger partial charge in [0.2, 0.25) is 0 Å². The van der Waals surface area contributed by atoms with Gasteiger partial charge in [0.05, 0.1) is 12.2 Å². The number of carbonyl (C=O) groups is 1. The van der Waals surface area contributed by atoms with Gasteiger partial charge < -0.3 is 4.74 Å². The molecule has 31 heavy (non-hydrogen) atoms. The quantitative estimate of drug-likeness (QED) is 0.377. The van der Waals surface area contributed by atoms with E-state index < -0.39 is 0 Å². The van der Waals surface area contributed by atoms with E-state index in [-0.39, 0.29) is 11.4 Å². The highest BCUT2D eigenvalue weighted by Crippen LogP contribution is 2.43. The minimum Gasteiger partial charge on any atom is -0.462 e. The van der Waals surface area contributed by atoms with E-state index >= 15 is 0 Å². The molecule has 0 fully saturated rings. The third-order valence-corrected chi connectivity index (χ3v) is 5.62. The zero-order chi connectivity index (χ0) is 22.0. The number of rotatable bonds is 3. The molecule has 1 aliphatic rings. The average Bonchev–Trinajstić information content (AvgIpc) is 3.03. The second-order valence-electron chi connectivity index (χ2n) is 8.45. The lowest BCUT2D eigenvalue weighted by atomic mass is 9.86. The Hall–Kier alpha value is -3.57. The maximum atomic E-state index is 11.8. The lowest BCUT2D eigenvalue weighted by Crippen LogP contribution is -2.10. The Morgan fingerprint density at radius 2 is 1.55 bits per heavy atom. The Morgan fingerprint density at radius 3 is 2.23 bits per heavy atom. The van der Waals surface area contributed by atoms with Gasteiger partial charge in [-0.05, 0) is 72.5 Å². The molecule has 1 aliphatic carbocycles. The largest absolute Gasteiger partial charge is 0.462 e. The van der Waals surface area contributed by atoms with Crippen LogP contribution in [0.3, 0.4) is 0 Å². The number of hydrogen-bond donors (Lipinski definition) is 0. The predicted molar refractivity (Wildman–Crippen MR) is 126 cm³/mol. The standard InChI is InChI=1S/C29H26O2/c1-5-31-28(30)24-15-10-21(11-16-24)8-9-22-12-17-27-25(18-22)26(19-29(27,3)4)23-13-6-20(2)7-14-23/h6-7,10-19H,5H2,1-4H3. The van der Waals surface area contributed by atoms with Crippen molar-refractivity contribution in [2.75, 3.05) is 6.61 Å². The molecule has 0 radical (unpaired) electrons. The van der Waals surface area contributed by atoms with Gasteiger partial charge >= 0.3 is 5.97 Å². The zero-order valence-corrected chi connectivity index (χ0v) is 18.5. The van der Waals surface area contributed by atoms with Gasteiger partial charge in [-0.2, -0.15) is 0 Å². The van der Waals surface area contributed by atoms with Gasteiger partial charge in [0.25, 0.3) is 0 Å². The predicted octanol–water partition coefficient (Wildman–Crippen LogP) is 6.29. The molecule has 0 N–H and O–H groups in total. The van der Waals surface area contributed by atoms with Gasteiger partial charge in [-0.15, -0.1) is 0 Å². The number of esters is 1. The van der Waals surface area contributed by atoms with Gasteiger partial charge in [-0.25, -0.2) is 4.79 Å². The molecule has 0 aromatic heterocycles. The van der Waals surface area contributed by atoms with Crippen molar-refractivity contribution in [3.8, 4) is 11.8 Å². The molecule has 0 heterocycles. The summed E-state index contributed by atoms with van der Waals surface area (Å²) >= 11 is 0. The number of benzene rings is 3. The minimum atomic E-state index is -0.307. The summed E-state index contributed by atoms with van der Waals surface area (Å²) in [5.41, 5.74) is 8.71. The summed E-state index contributed by atoms with van der Waals surface area (Å²) < 4.78 is 5.03. The smallest absolute Gasteiger partial charge is 0.338 e. The number of carbonyl (C=O) groups excluding carboxylic acids is 1. The monoisotopic (exact) mass is 406 g/mol. The average molecular weight is 407 g/mol. The van der Waals surface area contributed by atoms with Crippen molar-refractivity contribution >= 4 is 11.5 Å². The van der Waals surface area contributed by atoms with Crippen LogP contribution in [0.1, 0.15) is 64.5 Å². The number of allylic oxidation sites excluding steroid dienone is 1. The first-order valence-corrected chi connectivity index (χ1v) is 10.6. The summed E-state index contributed by atoms with van der Waals surface area (Å²) in [6, 6.07) is 22.4. The first-order valence-electron chi connectivity index (χ1n) is 10.6. The number of fused-ring (bicyclic) bond motifs is 1. The van der Waals surface area contributed by atoms with Gasteiger partial charge in [0.1, 0.15) is 0 Å². The zero-order valence-electron chi connectivity index (χ0n) is 18.5. The molecule has 0 bridgehead atoms. The van der Waals surface area contributed by atoms with Crippen molar-refractivity contribution in [2.45, 2.75) is 33.1 Å². The van der Waals surface area contributed by atoms with E-state index in [1.807, 2.05) is 12.1 Å². The van der Waals surface area contributed by atoms with Crippen LogP contribution in [-0.2, 0) is 10.2 Å². The van der Waals surface area contributed by atoms with Gasteiger partial charge in [0.15, 0.2) is 0 Å². The van der Waals surface area contributed by atoms with E-state index in [0.717, 1.165) is 11.1 Å². The van der Waals surface area contributed by atoms with Crippen LogP contribution in [0, 0.1) is 18.8 Å². The van der Waals surface area contributed by atoms with Gasteiger partial charge in [-0.3, -0.25) is 0 Å². The summed E-state index contributed by atoms with van der Waals surface area (Å²) in [5, 5.41) is 0. The number of hydrogen-bond acceptors (Lipinski definition) is 2. The fourth-order valence-electron chi connectivity index (χ4n) is 3.94. The van der Waals surface area contributed by atoms with Crippen molar-refractivity contribution in [1.82, 2.24) is 0 Å². The summed E-state index contributed by atoms with van der Waals surface area (Å²) in [5.74, 6) is 6.18. The van der Waals surface area contributed by atoms with Crippen molar-refractivity contribution < 1.29 is 9.53 Å². The van der Waals surface area contributed by atoms with Crippen LogP contribution < -0.4 is 0 Å². The van der Waals surface area contributed by atoms with Crippen LogP contribution in [0.15, 0.2) is 72.8 Å². The SMILES string of the molecule is CCOC(=O)c1ccc(C#Cc2ccc3c(c2)C(c2ccc(C)cc2)=CC3(C)C)cc1. The highest BCUT2D eigenvalue weighted by atomic mass is 16.5. The van der Waals surface area contributed by atoms with Gasteiger partial charge in [-0.1, -0.05) is 67.7 Å². The molecule has 0 saturated heterocycles. The van der Waals surface area contributed by atoms with E-state index in [1.165, 1.54) is 27.8 Å². The van der Waals surface area contributed by atoms with Crippen molar-refractivity contribution in [2.24, 2.45) is 0 Å². The Morgan fingerprint density at radius 1 is 0.903 bits per heavy atom. The normalized spacial score (nSPS) is 13.6. The summed E-state index contributed by atoms with van der Waals surface area (Å²) in [7, 11) is 0. The topological polar surface area (TPSA) is 26.3 Å². The number of aryl methyl sites for hydroxylation is 1. The van der Waals surface area contributed by atoms with Crippen molar-refractivity contribution in [1.29, 1.82) is 0 Å². The second kappa shape index (κ2) is 8.28. The third kappa shape index (κ3) is 4.32. The molecule has 0 aliphatic heterocycles. The Kier molecular flexibility index (Phi) is 5.53. The fraction of sp³-hybridized carbons (Fsp3) is 0.207. The molecule has 0 unspecified atom stereocenters. The summed E-state index contributed by atoms with van der Waals surface area (Å²) in [4.78, 5) is 11.8. The van der Waals surface area contributed by atoms with Crippen LogP contribution in [-0.4, -0.2) is 12.6 Å². The van der Waals surface area contributed by atoms with Crippen LogP contribution in [0.5, 0.6) is 0 Å². The van der Waals surface area contributed by atoms with Crippen LogP contribution in [0.2, 0.25) is 0 Å². The van der Waals surface area contributed by atoms with Crippen molar-refractivity contribution in [3.63, 3.8) is 0 Å². The molecule has 4 rings (SSSR count). The second-order valence-corrected chi connectivity index (χ2v) is 8.45. The Labute approximate surface area is 184 Å². The van der Waals surface area contributed by atoms with E-state index in [1.54, 1.807) is 19.1 Å². The molecule has 0 saturated carbocycles. The maximum absolute atomic E-state index is 11.8. The molecule has 0 spiro atoms.